The maximum atomic E-state index is 12.6. The van der Waals surface area contributed by atoms with Crippen LogP contribution in [0.1, 0.15) is 29.5 Å². The Morgan fingerprint density at radius 3 is 2.81 bits per heavy atom. The summed E-state index contributed by atoms with van der Waals surface area (Å²) in [5.74, 6) is 1.55. The van der Waals surface area contributed by atoms with Crippen LogP contribution in [0.2, 0.25) is 0 Å². The highest BCUT2D eigenvalue weighted by Crippen LogP contribution is 2.36. The second-order valence-electron chi connectivity index (χ2n) is 6.39. The molecule has 0 saturated heterocycles. The minimum absolute atomic E-state index is 0.0255. The van der Waals surface area contributed by atoms with Crippen LogP contribution in [0.15, 0.2) is 53.1 Å². The topological polar surface area (TPSA) is 64.4 Å². The fourth-order valence-electron chi connectivity index (χ4n) is 3.30. The quantitative estimate of drug-likeness (QED) is 0.467. The average molecular weight is 360 g/mol. The molecule has 0 bridgehead atoms. The third-order valence-electron chi connectivity index (χ3n) is 4.63. The molecule has 0 spiro atoms. The number of methoxy groups -OCH3 is 1. The fourth-order valence-corrected chi connectivity index (χ4v) is 3.30. The molecule has 136 valence electrons. The number of hydrogen-bond donors (Lipinski definition) is 1. The van der Waals surface area contributed by atoms with Gasteiger partial charge in [-0.3, -0.25) is 9.78 Å². The van der Waals surface area contributed by atoms with E-state index in [0.717, 1.165) is 33.3 Å². The van der Waals surface area contributed by atoms with Crippen LogP contribution in [0.3, 0.4) is 0 Å². The highest BCUT2D eigenvalue weighted by Gasteiger charge is 2.18. The Labute approximate surface area is 157 Å². The molecule has 0 amide bonds. The number of aromatic nitrogens is 1. The van der Waals surface area contributed by atoms with Gasteiger partial charge in [0.15, 0.2) is 11.4 Å². The molecule has 0 radical (unpaired) electrons. The number of furan rings is 1. The molecule has 0 aliphatic rings. The van der Waals surface area contributed by atoms with Crippen LogP contribution in [-0.2, 0) is 0 Å². The van der Waals surface area contributed by atoms with E-state index in [4.69, 9.17) is 9.15 Å². The molecule has 0 atom stereocenters. The summed E-state index contributed by atoms with van der Waals surface area (Å²) < 4.78 is 11.3. The average Bonchev–Trinajstić information content (AvgIpc) is 3.08. The van der Waals surface area contributed by atoms with E-state index >= 15 is 0 Å². The van der Waals surface area contributed by atoms with Crippen LogP contribution in [0.5, 0.6) is 5.75 Å². The number of carbonyl (C=O) groups excluding carboxylic acids is 1. The number of aryl methyl sites for hydroxylation is 1. The van der Waals surface area contributed by atoms with Crippen molar-refractivity contribution in [3.05, 3.63) is 60.0 Å². The number of ether oxygens (including phenoxy) is 1. The first kappa shape index (κ1) is 17.1. The first-order chi connectivity index (χ1) is 13.1. The summed E-state index contributed by atoms with van der Waals surface area (Å²) in [4.78, 5) is 17.1. The second kappa shape index (κ2) is 6.76. The lowest BCUT2D eigenvalue weighted by Crippen LogP contribution is -2.05. The number of anilines is 2. The Balaban J connectivity index is 1.99. The van der Waals surface area contributed by atoms with Crippen LogP contribution in [0.25, 0.3) is 21.9 Å². The lowest BCUT2D eigenvalue weighted by molar-refractivity contribution is 0.0988. The smallest absolute Gasteiger partial charge is 0.166 e. The normalized spacial score (nSPS) is 11.1. The van der Waals surface area contributed by atoms with Gasteiger partial charge in [-0.2, -0.15) is 0 Å². The van der Waals surface area contributed by atoms with E-state index < -0.39 is 0 Å². The molecule has 2 heterocycles. The largest absolute Gasteiger partial charge is 0.495 e. The zero-order valence-corrected chi connectivity index (χ0v) is 15.5. The maximum Gasteiger partial charge on any atom is 0.166 e. The summed E-state index contributed by atoms with van der Waals surface area (Å²) in [5.41, 5.74) is 3.51. The van der Waals surface area contributed by atoms with Gasteiger partial charge >= 0.3 is 0 Å². The molecule has 4 rings (SSSR count). The highest BCUT2D eigenvalue weighted by atomic mass is 16.5. The standard InChI is InChI=1S/C22H20N2O3/c1-4-18(25)16-12-23-21-15(10-9-14-11-13(2)27-22(14)21)20(16)24-17-7-5-6-8-19(17)26-3/h5-12H,4H2,1-3H3,(H,23,24). The van der Waals surface area contributed by atoms with Gasteiger partial charge in [0.2, 0.25) is 0 Å². The Morgan fingerprint density at radius 2 is 2.04 bits per heavy atom. The van der Waals surface area contributed by atoms with E-state index in [-0.39, 0.29) is 5.78 Å². The number of Topliss-reactive ketones (excluding diaryl/α,β-unsaturated/α-hetero) is 1. The molecule has 27 heavy (non-hydrogen) atoms. The van der Waals surface area contributed by atoms with Crippen LogP contribution < -0.4 is 10.1 Å². The third kappa shape index (κ3) is 2.91. The second-order valence-corrected chi connectivity index (χ2v) is 6.39. The molecule has 2 aromatic carbocycles. The number of pyridine rings is 1. The molecule has 2 aromatic heterocycles. The van der Waals surface area contributed by atoms with E-state index in [9.17, 15) is 4.79 Å². The highest BCUT2D eigenvalue weighted by molar-refractivity contribution is 6.13. The number of nitrogens with one attached hydrogen (secondary N) is 1. The van der Waals surface area contributed by atoms with Gasteiger partial charge in [0, 0.05) is 23.4 Å². The lowest BCUT2D eigenvalue weighted by Gasteiger charge is -2.16. The van der Waals surface area contributed by atoms with Crippen LogP contribution >= 0.6 is 0 Å². The van der Waals surface area contributed by atoms with Crippen LogP contribution in [0, 0.1) is 6.92 Å². The van der Waals surface area contributed by atoms with Gasteiger partial charge in [-0.15, -0.1) is 0 Å². The molecule has 1 N–H and O–H groups in total. The van der Waals surface area contributed by atoms with Crippen molar-refractivity contribution in [3.63, 3.8) is 0 Å². The number of fused-ring (bicyclic) bond motifs is 3. The van der Waals surface area contributed by atoms with Crippen molar-refractivity contribution in [3.8, 4) is 5.75 Å². The molecule has 5 nitrogen and oxygen atoms in total. The molecule has 5 heteroatoms. The number of benzene rings is 2. The fraction of sp³-hybridized carbons (Fsp3) is 0.182. The van der Waals surface area contributed by atoms with Gasteiger partial charge in [0.05, 0.1) is 24.0 Å². The van der Waals surface area contributed by atoms with E-state index in [2.05, 4.69) is 10.3 Å². The SMILES string of the molecule is CCC(=O)c1cnc2c(ccc3cc(C)oc32)c1Nc1ccccc1OC. The Kier molecular flexibility index (Phi) is 4.28. The molecular weight excluding hydrogens is 340 g/mol. The molecule has 0 aliphatic carbocycles. The number of nitrogens with zero attached hydrogens (tertiary/aromatic N) is 1. The molecule has 0 saturated carbocycles. The van der Waals surface area contributed by atoms with E-state index in [0.29, 0.717) is 23.4 Å². The zero-order chi connectivity index (χ0) is 19.0. The maximum absolute atomic E-state index is 12.6. The van der Waals surface area contributed by atoms with Gasteiger partial charge in [0.25, 0.3) is 0 Å². The minimum Gasteiger partial charge on any atom is -0.495 e. The number of ketones is 1. The van der Waals surface area contributed by atoms with Gasteiger partial charge in [-0.1, -0.05) is 25.1 Å². The van der Waals surface area contributed by atoms with Crippen molar-refractivity contribution in [1.29, 1.82) is 0 Å². The van der Waals surface area contributed by atoms with Crippen molar-refractivity contribution >= 4 is 39.0 Å². The summed E-state index contributed by atoms with van der Waals surface area (Å²) >= 11 is 0. The van der Waals surface area contributed by atoms with Gasteiger partial charge < -0.3 is 14.5 Å². The number of para-hydroxylation sites is 2. The summed E-state index contributed by atoms with van der Waals surface area (Å²) in [6.45, 7) is 3.76. The molecule has 0 unspecified atom stereocenters. The molecular formula is C22H20N2O3. The zero-order valence-electron chi connectivity index (χ0n) is 15.5. The minimum atomic E-state index is 0.0255. The van der Waals surface area contributed by atoms with Gasteiger partial charge in [-0.05, 0) is 31.2 Å². The van der Waals surface area contributed by atoms with Crippen molar-refractivity contribution in [2.75, 3.05) is 12.4 Å². The van der Waals surface area contributed by atoms with E-state index in [1.165, 1.54) is 0 Å². The summed E-state index contributed by atoms with van der Waals surface area (Å²) in [6, 6.07) is 13.6. The van der Waals surface area contributed by atoms with Gasteiger partial charge in [0.1, 0.15) is 17.0 Å². The summed E-state index contributed by atoms with van der Waals surface area (Å²) in [5, 5.41) is 5.22. The monoisotopic (exact) mass is 360 g/mol. The van der Waals surface area contributed by atoms with Crippen molar-refractivity contribution in [1.82, 2.24) is 4.98 Å². The van der Waals surface area contributed by atoms with Crippen molar-refractivity contribution in [2.24, 2.45) is 0 Å². The predicted molar refractivity (Wildman–Crippen MR) is 107 cm³/mol. The Hall–Kier alpha value is -3.34. The predicted octanol–water partition coefficient (Wildman–Crippen LogP) is 5.63. The first-order valence-electron chi connectivity index (χ1n) is 8.87. The summed E-state index contributed by atoms with van der Waals surface area (Å²) in [7, 11) is 1.62. The number of carbonyl (C=O) groups is 1. The number of hydrogen-bond acceptors (Lipinski definition) is 5. The Morgan fingerprint density at radius 1 is 1.22 bits per heavy atom. The van der Waals surface area contributed by atoms with E-state index in [1.807, 2.05) is 56.3 Å². The first-order valence-corrected chi connectivity index (χ1v) is 8.87. The van der Waals surface area contributed by atoms with Crippen molar-refractivity contribution < 1.29 is 13.9 Å². The molecule has 0 fully saturated rings. The Bertz CT molecular complexity index is 1160. The van der Waals surface area contributed by atoms with E-state index in [1.54, 1.807) is 13.3 Å². The van der Waals surface area contributed by atoms with Crippen LogP contribution in [-0.4, -0.2) is 17.9 Å². The summed E-state index contributed by atoms with van der Waals surface area (Å²) in [6.07, 6.45) is 2.03. The van der Waals surface area contributed by atoms with Gasteiger partial charge in [-0.25, -0.2) is 0 Å². The van der Waals surface area contributed by atoms with Crippen molar-refractivity contribution in [2.45, 2.75) is 20.3 Å². The third-order valence-corrected chi connectivity index (χ3v) is 4.63. The number of rotatable bonds is 5. The molecule has 0 aliphatic heterocycles. The van der Waals surface area contributed by atoms with Crippen LogP contribution in [0.4, 0.5) is 11.4 Å². The lowest BCUT2D eigenvalue weighted by atomic mass is 10.0. The molecule has 4 aromatic rings.